The zero-order valence-electron chi connectivity index (χ0n) is 36.7. The maximum absolute atomic E-state index is 6.62. The minimum atomic E-state index is -4.86. The third-order valence-electron chi connectivity index (χ3n) is 14.4. The fourth-order valence-corrected chi connectivity index (χ4v) is 28.7. The quantitative estimate of drug-likeness (QED) is 0.121. The van der Waals surface area contributed by atoms with Crippen molar-refractivity contribution in [2.45, 2.75) is 54.2 Å². The molecule has 0 heterocycles. The molecule has 0 radical (unpaired) electrons. The summed E-state index contributed by atoms with van der Waals surface area (Å²) in [5, 5.41) is 6.74. The molecule has 10 rings (SSSR count). The second-order valence-electron chi connectivity index (χ2n) is 18.6. The minimum absolute atomic E-state index is 0. The molecule has 8 aromatic rings. The van der Waals surface area contributed by atoms with Crippen LogP contribution in [0.1, 0.15) is 65.1 Å². The van der Waals surface area contributed by atoms with E-state index in [-0.39, 0.29) is 24.8 Å². The van der Waals surface area contributed by atoms with E-state index < -0.39 is 18.3 Å². The Hall–Kier alpha value is -4.33. The summed E-state index contributed by atoms with van der Waals surface area (Å²) in [6.07, 6.45) is 9.86. The van der Waals surface area contributed by atoms with Crippen LogP contribution in [-0.4, -0.2) is 4.21 Å². The fraction of sp³-hybridized carbons (Fsp3) is 0.169. The van der Waals surface area contributed by atoms with Crippen LogP contribution in [0.15, 0.2) is 179 Å². The molecule has 0 spiro atoms. The molecule has 0 saturated carbocycles. The van der Waals surface area contributed by atoms with Gasteiger partial charge in [-0.3, -0.25) is 0 Å². The summed E-state index contributed by atoms with van der Waals surface area (Å²) < 4.78 is 10.9. The Morgan fingerprint density at radius 1 is 0.609 bits per heavy atom. The van der Waals surface area contributed by atoms with Gasteiger partial charge in [0.2, 0.25) is 0 Å². The van der Waals surface area contributed by atoms with Gasteiger partial charge in [-0.15, -0.1) is 24.8 Å². The van der Waals surface area contributed by atoms with Crippen LogP contribution in [0.5, 0.6) is 0 Å². The molecule has 322 valence electrons. The molecule has 64 heavy (non-hydrogen) atoms. The first-order chi connectivity index (χ1) is 30.1. The zero-order chi connectivity index (χ0) is 42.6. The molecule has 0 aromatic heterocycles. The predicted octanol–water partition coefficient (Wildman–Crippen LogP) is 16.7. The van der Waals surface area contributed by atoms with Crippen LogP contribution < -0.4 is 3.27 Å². The van der Waals surface area contributed by atoms with Gasteiger partial charge < -0.3 is 0 Å². The monoisotopic (exact) mass is 992 g/mol. The number of rotatable bonds is 11. The Morgan fingerprint density at radius 3 is 1.83 bits per heavy atom. The molecule has 0 amide bonds. The Morgan fingerprint density at radius 2 is 1.20 bits per heavy atom. The van der Waals surface area contributed by atoms with E-state index in [1.165, 1.54) is 82.7 Å². The van der Waals surface area contributed by atoms with Gasteiger partial charge in [0.05, 0.1) is 0 Å². The van der Waals surface area contributed by atoms with Crippen LogP contribution in [0.4, 0.5) is 0 Å². The van der Waals surface area contributed by atoms with Gasteiger partial charge in [-0.1, -0.05) is 0 Å². The van der Waals surface area contributed by atoms with Crippen molar-refractivity contribution in [2.75, 3.05) is 0 Å². The maximum atomic E-state index is 6.62. The molecule has 8 aromatic carbocycles. The van der Waals surface area contributed by atoms with Gasteiger partial charge in [0, 0.05) is 0 Å². The Bertz CT molecular complexity index is 3110. The van der Waals surface area contributed by atoms with Crippen molar-refractivity contribution in [1.29, 1.82) is 0 Å². The van der Waals surface area contributed by atoms with Crippen molar-refractivity contribution in [3.8, 4) is 22.3 Å². The molecule has 1 atom stereocenters. The van der Waals surface area contributed by atoms with Crippen LogP contribution >= 0.6 is 48.0 Å². The average Bonchev–Trinajstić information content (AvgIpc) is 3.96. The zero-order valence-corrected chi connectivity index (χ0v) is 42.3. The van der Waals surface area contributed by atoms with Crippen molar-refractivity contribution in [3.63, 3.8) is 0 Å². The van der Waals surface area contributed by atoms with Crippen LogP contribution in [0.25, 0.3) is 43.8 Å². The molecule has 0 bridgehead atoms. The van der Waals surface area contributed by atoms with Crippen molar-refractivity contribution in [3.05, 3.63) is 228 Å². The molecule has 5 heteroatoms. The van der Waals surface area contributed by atoms with Crippen LogP contribution in [0.2, 0.25) is 10.0 Å². The van der Waals surface area contributed by atoms with Crippen molar-refractivity contribution < 1.29 is 18.3 Å². The van der Waals surface area contributed by atoms with Gasteiger partial charge >= 0.3 is 381 Å². The van der Waals surface area contributed by atoms with Crippen LogP contribution in [0.3, 0.4) is 0 Å². The van der Waals surface area contributed by atoms with Crippen molar-refractivity contribution in [1.82, 2.24) is 0 Å². The number of hydrogen-bond donors (Lipinski definition) is 0. The number of fused-ring (bicyclic) bond motifs is 5. The third kappa shape index (κ3) is 8.27. The van der Waals surface area contributed by atoms with E-state index in [0.29, 0.717) is 11.8 Å². The van der Waals surface area contributed by atoms with Gasteiger partial charge in [0.25, 0.3) is 0 Å². The number of allylic oxidation sites excluding steroid dienone is 4. The van der Waals surface area contributed by atoms with E-state index >= 15 is 0 Å². The summed E-state index contributed by atoms with van der Waals surface area (Å²) >= 11 is 8.38. The van der Waals surface area contributed by atoms with E-state index in [1.807, 2.05) is 0 Å². The first kappa shape index (κ1) is 46.2. The summed E-state index contributed by atoms with van der Waals surface area (Å²) in [5.41, 5.74) is 15.1. The van der Waals surface area contributed by atoms with Gasteiger partial charge in [-0.05, 0) is 0 Å². The van der Waals surface area contributed by atoms with E-state index in [0.717, 1.165) is 37.6 Å². The molecule has 0 fully saturated rings. The molecule has 0 aliphatic heterocycles. The molecular formula is C59H54Cl4Zr. The van der Waals surface area contributed by atoms with E-state index in [1.54, 1.807) is 6.55 Å². The van der Waals surface area contributed by atoms with Gasteiger partial charge in [0.1, 0.15) is 0 Å². The van der Waals surface area contributed by atoms with Crippen molar-refractivity contribution in [2.24, 2.45) is 5.92 Å². The normalized spacial score (nSPS) is 13.6. The van der Waals surface area contributed by atoms with Crippen LogP contribution in [-0.2, 0) is 39.4 Å². The SMILES string of the molecule is Cl.Cl.[CH2]=[Zr]([CH2]c1ccc(Cl)cc1)([CH2]c1ccc(Cl)cc1)([C]1=CC=CC1)[c]1c(CC(c2cccc3ccccc23)C(C)C)ccc2c1Cc1cc(-c3cccc4ccccc34)c(C)cc1-2. The van der Waals surface area contributed by atoms with Gasteiger partial charge in [-0.2, -0.15) is 0 Å². The summed E-state index contributed by atoms with van der Waals surface area (Å²) in [6, 6.07) is 58.7. The van der Waals surface area contributed by atoms with Gasteiger partial charge in [0.15, 0.2) is 0 Å². The standard InChI is InChI=1S/C39H33.2C7H6Cl.C5H5.CH2.2ClH.Zr/c1-25(2)37(35-16-8-12-28-10-4-6-14-32(28)35)22-27-18-19-34-30(21-27)23-31-24-38(26(3)20-39(31)34)36-17-9-13-29-11-5-7-15-33(29)36;2*1-6-2-4-7(8)5-3-6;1-2-4-5-3-1;;;;/h4-20,24-25,37H,22-23H2,1-3H3;2*2-5H,1H2;1-3H,4H2;1H2;2*1H;. The molecular weight excluding hydrogens is 942 g/mol. The average molecular weight is 996 g/mol. The van der Waals surface area contributed by atoms with Crippen LogP contribution in [0, 0.1) is 12.8 Å². The van der Waals surface area contributed by atoms with E-state index in [4.69, 9.17) is 27.4 Å². The second-order valence-corrected chi connectivity index (χ2v) is 33.6. The number of aryl methyl sites for hydroxylation is 1. The topological polar surface area (TPSA) is 0 Å². The van der Waals surface area contributed by atoms with E-state index in [9.17, 15) is 0 Å². The van der Waals surface area contributed by atoms with Crippen molar-refractivity contribution >= 4 is 77.0 Å². The molecule has 2 aliphatic carbocycles. The van der Waals surface area contributed by atoms with E-state index in [2.05, 4.69) is 197 Å². The first-order valence-corrected chi connectivity index (χ1v) is 30.6. The third-order valence-corrected chi connectivity index (χ3v) is 30.9. The Labute approximate surface area is 402 Å². The summed E-state index contributed by atoms with van der Waals surface area (Å²) in [7, 11) is 0. The summed E-state index contributed by atoms with van der Waals surface area (Å²) in [6.45, 7) is 7.12. The second kappa shape index (κ2) is 18.5. The molecule has 2 aliphatic rings. The predicted molar refractivity (Wildman–Crippen MR) is 281 cm³/mol. The number of halogens is 4. The number of hydrogen-bond acceptors (Lipinski definition) is 0. The fourth-order valence-electron chi connectivity index (χ4n) is 11.5. The Kier molecular flexibility index (Phi) is 13.4. The summed E-state index contributed by atoms with van der Waals surface area (Å²) in [5.74, 6) is 0.714. The molecule has 1 unspecified atom stereocenters. The molecule has 0 nitrogen and oxygen atoms in total. The molecule has 0 saturated heterocycles. The first-order valence-electron chi connectivity index (χ1n) is 22.2. The van der Waals surface area contributed by atoms with Gasteiger partial charge in [-0.25, -0.2) is 0 Å². The Balaban J connectivity index is 0.00000280. The molecule has 0 N–H and O–H groups in total. The number of benzene rings is 8. The summed E-state index contributed by atoms with van der Waals surface area (Å²) in [4.78, 5) is 0.